The number of hydrogen-bond acceptors (Lipinski definition) is 7. The van der Waals surface area contributed by atoms with Crippen LogP contribution in [-0.2, 0) is 25.6 Å². The summed E-state index contributed by atoms with van der Waals surface area (Å²) in [6, 6.07) is 2.92. The van der Waals surface area contributed by atoms with Gasteiger partial charge in [0.05, 0.1) is 12.7 Å². The molecule has 0 saturated heterocycles. The van der Waals surface area contributed by atoms with Crippen molar-refractivity contribution >= 4 is 24.3 Å². The molecule has 1 aliphatic heterocycles. The number of esters is 1. The zero-order valence-electron chi connectivity index (χ0n) is 22.9. The van der Waals surface area contributed by atoms with Crippen molar-refractivity contribution < 1.29 is 42.6 Å². The first-order chi connectivity index (χ1) is 18.3. The molecule has 3 saturated carbocycles. The zero-order valence-corrected chi connectivity index (χ0v) is 22.9. The standard InChI is InChI=1S/C29H37BF2O7/c1-6-27(4)12-20(39-21(33)14-37-19-8-7-17-13-38-30(36)22(17)23(19)32)28(5)15(2)9-10-29(16(3)26(27)35)11-18(31)24(34)25(28)29/h6-8,15-16,18,20,25-26,35-36H,1,9-14H2,2-5H3/t15-,16-,18-,20+,25-,26-,27+,28-,29-/m0/s1. The number of halogens is 2. The largest absolute Gasteiger partial charge is 0.494 e. The van der Waals surface area contributed by atoms with E-state index in [1.807, 2.05) is 27.7 Å². The van der Waals surface area contributed by atoms with Crippen molar-refractivity contribution in [2.45, 2.75) is 78.4 Å². The lowest BCUT2D eigenvalue weighted by Gasteiger charge is -2.61. The maximum absolute atomic E-state index is 15.2. The van der Waals surface area contributed by atoms with Gasteiger partial charge >= 0.3 is 13.1 Å². The van der Waals surface area contributed by atoms with Crippen LogP contribution in [0.5, 0.6) is 5.75 Å². The number of benzene rings is 1. The summed E-state index contributed by atoms with van der Waals surface area (Å²) in [5, 5.41) is 21.5. The van der Waals surface area contributed by atoms with Crippen molar-refractivity contribution in [1.82, 2.24) is 0 Å². The minimum atomic E-state index is -1.64. The highest BCUT2D eigenvalue weighted by atomic mass is 19.1. The Labute approximate surface area is 228 Å². The summed E-state index contributed by atoms with van der Waals surface area (Å²) in [4.78, 5) is 26.6. The Hall–Kier alpha value is -2.30. The summed E-state index contributed by atoms with van der Waals surface area (Å²) in [7, 11) is -1.41. The van der Waals surface area contributed by atoms with Crippen molar-refractivity contribution in [2.75, 3.05) is 6.61 Å². The quantitative estimate of drug-likeness (QED) is 0.332. The molecule has 1 heterocycles. The molecule has 9 atom stereocenters. The van der Waals surface area contributed by atoms with Crippen LogP contribution in [-0.4, -0.2) is 54.0 Å². The number of hydrogen-bond donors (Lipinski definition) is 2. The molecular formula is C29H37BF2O7. The molecule has 39 heavy (non-hydrogen) atoms. The summed E-state index contributed by atoms with van der Waals surface area (Å²) in [5.41, 5.74) is -2.06. The zero-order chi connectivity index (χ0) is 28.5. The molecule has 10 heteroatoms. The third kappa shape index (κ3) is 4.08. The molecule has 1 aromatic carbocycles. The van der Waals surface area contributed by atoms with Crippen molar-refractivity contribution in [3.05, 3.63) is 36.2 Å². The molecule has 0 radical (unpaired) electrons. The molecule has 2 bridgehead atoms. The Morgan fingerprint density at radius 1 is 1.31 bits per heavy atom. The number of aliphatic hydroxyl groups excluding tert-OH is 1. The summed E-state index contributed by atoms with van der Waals surface area (Å²) >= 11 is 0. The van der Waals surface area contributed by atoms with Crippen molar-refractivity contribution in [3.8, 4) is 5.75 Å². The molecule has 0 amide bonds. The van der Waals surface area contributed by atoms with E-state index >= 15 is 4.39 Å². The Morgan fingerprint density at radius 2 is 2.03 bits per heavy atom. The van der Waals surface area contributed by atoms with Gasteiger partial charge in [-0.3, -0.25) is 4.79 Å². The number of alkyl halides is 1. The van der Waals surface area contributed by atoms with E-state index in [0.717, 1.165) is 0 Å². The number of carbonyl (C=O) groups excluding carboxylic acids is 2. The second kappa shape index (κ2) is 9.66. The fraction of sp³-hybridized carbons (Fsp3) is 0.655. The second-order valence-electron chi connectivity index (χ2n) is 12.6. The van der Waals surface area contributed by atoms with Gasteiger partial charge in [0, 0.05) is 22.2 Å². The van der Waals surface area contributed by atoms with Gasteiger partial charge < -0.3 is 24.3 Å². The molecule has 1 aromatic rings. The van der Waals surface area contributed by atoms with Crippen LogP contribution in [0.1, 0.15) is 58.9 Å². The molecule has 0 spiro atoms. The Bertz CT molecular complexity index is 1190. The van der Waals surface area contributed by atoms with Crippen LogP contribution in [0.4, 0.5) is 8.78 Å². The van der Waals surface area contributed by atoms with Gasteiger partial charge in [-0.2, -0.15) is 0 Å². The fourth-order valence-electron chi connectivity index (χ4n) is 8.15. The number of ketones is 1. The maximum Gasteiger partial charge on any atom is 0.494 e. The lowest BCUT2D eigenvalue weighted by molar-refractivity contribution is -0.207. The van der Waals surface area contributed by atoms with Gasteiger partial charge in [0.2, 0.25) is 0 Å². The van der Waals surface area contributed by atoms with Gasteiger partial charge in [0.25, 0.3) is 0 Å². The third-order valence-electron chi connectivity index (χ3n) is 10.8. The molecule has 5 rings (SSSR count). The van der Waals surface area contributed by atoms with Crippen LogP contribution in [0, 0.1) is 39.8 Å². The Morgan fingerprint density at radius 3 is 2.72 bits per heavy atom. The predicted octanol–water partition coefficient (Wildman–Crippen LogP) is 3.28. The minimum Gasteiger partial charge on any atom is -0.479 e. The number of carbonyl (C=O) groups is 2. The van der Waals surface area contributed by atoms with Crippen LogP contribution in [0.15, 0.2) is 24.8 Å². The molecule has 2 N–H and O–H groups in total. The number of ether oxygens (including phenoxy) is 2. The Balaban J connectivity index is 1.46. The number of Topliss-reactive ketones (excluding diaryl/α,β-unsaturated/α-hetero) is 1. The van der Waals surface area contributed by atoms with Gasteiger partial charge in [0.15, 0.2) is 30.1 Å². The smallest absolute Gasteiger partial charge is 0.479 e. The average Bonchev–Trinajstić information content (AvgIpc) is 3.41. The normalized spacial score (nSPS) is 41.3. The lowest BCUT2D eigenvalue weighted by Crippen LogP contribution is -2.63. The summed E-state index contributed by atoms with van der Waals surface area (Å²) in [6.07, 6.45) is -0.239. The van der Waals surface area contributed by atoms with Gasteiger partial charge in [0.1, 0.15) is 6.10 Å². The molecule has 0 aromatic heterocycles. The van der Waals surface area contributed by atoms with Gasteiger partial charge in [-0.05, 0) is 54.6 Å². The minimum absolute atomic E-state index is 0.0221. The number of fused-ring (bicyclic) bond motifs is 1. The first kappa shape index (κ1) is 28.2. The van der Waals surface area contributed by atoms with Crippen molar-refractivity contribution in [1.29, 1.82) is 0 Å². The van der Waals surface area contributed by atoms with Gasteiger partial charge in [-0.15, -0.1) is 6.58 Å². The number of aliphatic hydroxyl groups is 1. The highest BCUT2D eigenvalue weighted by Crippen LogP contribution is 2.68. The van der Waals surface area contributed by atoms with Gasteiger partial charge in [-0.25, -0.2) is 13.6 Å². The van der Waals surface area contributed by atoms with Crippen LogP contribution in [0.25, 0.3) is 0 Å². The molecule has 7 nitrogen and oxygen atoms in total. The SMILES string of the molecule is C=C[C@]1(C)C[C@@H](OC(=O)COc2ccc3c(c2F)B(O)OC3)[C@@]2(C)[C@@H]3C(=O)[C@@H](F)C[C@@]3(CC[C@@H]2C)[C@@H](C)[C@@H]1O. The van der Waals surface area contributed by atoms with E-state index in [-0.39, 0.29) is 42.5 Å². The Kier molecular flexibility index (Phi) is 7.00. The summed E-state index contributed by atoms with van der Waals surface area (Å²) in [5.74, 6) is -3.47. The second-order valence-corrected chi connectivity index (χ2v) is 12.6. The summed E-state index contributed by atoms with van der Waals surface area (Å²) < 4.78 is 46.7. The number of rotatable bonds is 5. The molecule has 0 unspecified atom stereocenters. The topological polar surface area (TPSA) is 102 Å². The van der Waals surface area contributed by atoms with E-state index in [9.17, 15) is 24.1 Å². The van der Waals surface area contributed by atoms with Crippen molar-refractivity contribution in [2.24, 2.45) is 34.0 Å². The fourth-order valence-corrected chi connectivity index (χ4v) is 8.15. The first-order valence-corrected chi connectivity index (χ1v) is 13.7. The third-order valence-corrected chi connectivity index (χ3v) is 10.8. The van der Waals surface area contributed by atoms with E-state index in [1.165, 1.54) is 6.07 Å². The van der Waals surface area contributed by atoms with Crippen molar-refractivity contribution in [3.63, 3.8) is 0 Å². The van der Waals surface area contributed by atoms with Gasteiger partial charge in [-0.1, -0.05) is 39.8 Å². The molecule has 3 aliphatic carbocycles. The monoisotopic (exact) mass is 546 g/mol. The van der Waals surface area contributed by atoms with Crippen LogP contribution < -0.4 is 10.2 Å². The van der Waals surface area contributed by atoms with Crippen LogP contribution >= 0.6 is 0 Å². The highest BCUT2D eigenvalue weighted by molar-refractivity contribution is 6.61. The predicted molar refractivity (Wildman–Crippen MR) is 139 cm³/mol. The average molecular weight is 546 g/mol. The lowest BCUT2D eigenvalue weighted by atomic mass is 9.44. The molecule has 212 valence electrons. The van der Waals surface area contributed by atoms with E-state index in [1.54, 1.807) is 12.1 Å². The molecular weight excluding hydrogens is 509 g/mol. The molecule has 3 fully saturated rings. The van der Waals surface area contributed by atoms with E-state index in [0.29, 0.717) is 18.4 Å². The van der Waals surface area contributed by atoms with E-state index in [2.05, 4.69) is 6.58 Å². The van der Waals surface area contributed by atoms with E-state index in [4.69, 9.17) is 14.1 Å². The van der Waals surface area contributed by atoms with Crippen LogP contribution in [0.3, 0.4) is 0 Å². The summed E-state index contributed by atoms with van der Waals surface area (Å²) in [6.45, 7) is 11.1. The van der Waals surface area contributed by atoms with Crippen LogP contribution in [0.2, 0.25) is 0 Å². The first-order valence-electron chi connectivity index (χ1n) is 13.7. The maximum atomic E-state index is 15.2. The van der Waals surface area contributed by atoms with E-state index < -0.39 is 71.8 Å². The molecule has 4 aliphatic rings. The highest BCUT2D eigenvalue weighted by Gasteiger charge is 2.70.